The first-order valence-corrected chi connectivity index (χ1v) is 11.1. The average molecular weight is 464 g/mol. The minimum absolute atomic E-state index is 0.0220. The summed E-state index contributed by atoms with van der Waals surface area (Å²) in [4.78, 5) is 12.7. The maximum absolute atomic E-state index is 15.0. The predicted molar refractivity (Wildman–Crippen MR) is 120 cm³/mol. The average Bonchev–Trinajstić information content (AvgIpc) is 2.83. The lowest BCUT2D eigenvalue weighted by Crippen LogP contribution is -2.49. The number of amides is 1. The summed E-state index contributed by atoms with van der Waals surface area (Å²) >= 11 is 0. The van der Waals surface area contributed by atoms with E-state index >= 15 is 4.39 Å². The van der Waals surface area contributed by atoms with E-state index in [2.05, 4.69) is 16.7 Å². The molecule has 0 aromatic heterocycles. The SMILES string of the molecule is CO[C@@H]1CCNC[C@@H](C(=O)NC(C#N)Cc2cc3c(cc2F)-c2ccc(C#N)cc2CO3)OC1. The van der Waals surface area contributed by atoms with Gasteiger partial charge < -0.3 is 24.8 Å². The highest BCUT2D eigenvalue weighted by molar-refractivity contribution is 5.82. The first kappa shape index (κ1) is 23.7. The van der Waals surface area contributed by atoms with Gasteiger partial charge in [0.15, 0.2) is 0 Å². The van der Waals surface area contributed by atoms with Gasteiger partial charge in [0.1, 0.15) is 30.3 Å². The third-order valence-electron chi connectivity index (χ3n) is 6.03. The highest BCUT2D eigenvalue weighted by Crippen LogP contribution is 2.39. The summed E-state index contributed by atoms with van der Waals surface area (Å²) in [6.45, 7) is 1.54. The van der Waals surface area contributed by atoms with E-state index < -0.39 is 23.9 Å². The van der Waals surface area contributed by atoms with E-state index in [4.69, 9.17) is 19.5 Å². The van der Waals surface area contributed by atoms with Crippen molar-refractivity contribution in [3.8, 4) is 29.0 Å². The van der Waals surface area contributed by atoms with Crippen LogP contribution in [0, 0.1) is 28.5 Å². The van der Waals surface area contributed by atoms with E-state index in [-0.39, 0.29) is 31.3 Å². The Bertz CT molecular complexity index is 1160. The van der Waals surface area contributed by atoms with Crippen molar-refractivity contribution in [1.29, 1.82) is 10.5 Å². The molecule has 9 heteroatoms. The summed E-state index contributed by atoms with van der Waals surface area (Å²) in [5.74, 6) is -0.441. The van der Waals surface area contributed by atoms with Gasteiger partial charge in [-0.1, -0.05) is 6.07 Å². The van der Waals surface area contributed by atoms with Crippen LogP contribution in [0.1, 0.15) is 23.1 Å². The minimum atomic E-state index is -0.943. The van der Waals surface area contributed by atoms with E-state index in [0.717, 1.165) is 17.5 Å². The van der Waals surface area contributed by atoms with Crippen LogP contribution in [0.5, 0.6) is 5.75 Å². The molecular formula is C25H25FN4O4. The maximum Gasteiger partial charge on any atom is 0.251 e. The monoisotopic (exact) mass is 464 g/mol. The first-order chi connectivity index (χ1) is 16.5. The molecule has 0 radical (unpaired) electrons. The van der Waals surface area contributed by atoms with E-state index in [1.165, 1.54) is 6.07 Å². The molecule has 176 valence electrons. The van der Waals surface area contributed by atoms with Crippen LogP contribution in [0.25, 0.3) is 11.1 Å². The Balaban J connectivity index is 1.47. The Morgan fingerprint density at radius 3 is 2.94 bits per heavy atom. The molecule has 1 amide bonds. The summed E-state index contributed by atoms with van der Waals surface area (Å²) in [6.07, 6.45) is -0.141. The number of methoxy groups -OCH3 is 1. The van der Waals surface area contributed by atoms with Crippen LogP contribution in [0.4, 0.5) is 4.39 Å². The fourth-order valence-electron chi connectivity index (χ4n) is 4.11. The molecular weight excluding hydrogens is 439 g/mol. The van der Waals surface area contributed by atoms with Crippen LogP contribution < -0.4 is 15.4 Å². The van der Waals surface area contributed by atoms with Crippen LogP contribution in [-0.4, -0.2) is 51.0 Å². The van der Waals surface area contributed by atoms with Crippen molar-refractivity contribution in [2.24, 2.45) is 0 Å². The smallest absolute Gasteiger partial charge is 0.251 e. The Hall–Kier alpha value is -3.50. The zero-order chi connectivity index (χ0) is 24.1. The van der Waals surface area contributed by atoms with E-state index in [1.807, 2.05) is 6.07 Å². The van der Waals surface area contributed by atoms with Gasteiger partial charge in [0.2, 0.25) is 0 Å². The van der Waals surface area contributed by atoms with Crippen molar-refractivity contribution < 1.29 is 23.4 Å². The summed E-state index contributed by atoms with van der Waals surface area (Å²) in [5, 5.41) is 24.5. The molecule has 0 spiro atoms. The zero-order valence-corrected chi connectivity index (χ0v) is 18.8. The molecule has 2 aromatic carbocycles. The van der Waals surface area contributed by atoms with Crippen molar-refractivity contribution in [3.63, 3.8) is 0 Å². The van der Waals surface area contributed by atoms with Crippen LogP contribution in [0.2, 0.25) is 0 Å². The van der Waals surface area contributed by atoms with Crippen LogP contribution >= 0.6 is 0 Å². The minimum Gasteiger partial charge on any atom is -0.488 e. The summed E-state index contributed by atoms with van der Waals surface area (Å²) in [5.41, 5.74) is 2.98. The number of nitrogens with one attached hydrogen (secondary N) is 2. The fraction of sp³-hybridized carbons (Fsp3) is 0.400. The quantitative estimate of drug-likeness (QED) is 0.697. The van der Waals surface area contributed by atoms with Crippen molar-refractivity contribution in [2.75, 3.05) is 26.8 Å². The number of halogens is 1. The molecule has 0 saturated carbocycles. The summed E-state index contributed by atoms with van der Waals surface area (Å²) in [7, 11) is 1.59. The number of nitrogens with zero attached hydrogens (tertiary/aromatic N) is 2. The van der Waals surface area contributed by atoms with Gasteiger partial charge in [0, 0.05) is 25.6 Å². The fourth-order valence-corrected chi connectivity index (χ4v) is 4.11. The van der Waals surface area contributed by atoms with Crippen LogP contribution in [0.3, 0.4) is 0 Å². The van der Waals surface area contributed by atoms with Gasteiger partial charge in [-0.15, -0.1) is 0 Å². The number of rotatable bonds is 5. The third-order valence-corrected chi connectivity index (χ3v) is 6.03. The number of ether oxygens (including phenoxy) is 3. The predicted octanol–water partition coefficient (Wildman–Crippen LogP) is 2.20. The second kappa shape index (κ2) is 10.6. The largest absolute Gasteiger partial charge is 0.488 e. The molecule has 2 heterocycles. The van der Waals surface area contributed by atoms with Crippen molar-refractivity contribution in [3.05, 3.63) is 52.8 Å². The second-order valence-corrected chi connectivity index (χ2v) is 8.28. The van der Waals surface area contributed by atoms with Crippen molar-refractivity contribution in [2.45, 2.75) is 37.7 Å². The first-order valence-electron chi connectivity index (χ1n) is 11.1. The van der Waals surface area contributed by atoms with Gasteiger partial charge in [-0.25, -0.2) is 4.39 Å². The number of carbonyl (C=O) groups is 1. The lowest BCUT2D eigenvalue weighted by Gasteiger charge is -2.26. The number of benzene rings is 2. The molecule has 0 bridgehead atoms. The van der Waals surface area contributed by atoms with E-state index in [9.17, 15) is 10.1 Å². The van der Waals surface area contributed by atoms with Gasteiger partial charge >= 0.3 is 0 Å². The Morgan fingerprint density at radius 2 is 2.18 bits per heavy atom. The second-order valence-electron chi connectivity index (χ2n) is 8.28. The molecule has 4 rings (SSSR count). The molecule has 8 nitrogen and oxygen atoms in total. The summed E-state index contributed by atoms with van der Waals surface area (Å²) < 4.78 is 31.8. The van der Waals surface area contributed by atoms with Gasteiger partial charge in [-0.3, -0.25) is 4.79 Å². The van der Waals surface area contributed by atoms with Gasteiger partial charge in [-0.05, 0) is 53.9 Å². The molecule has 3 atom stereocenters. The maximum atomic E-state index is 15.0. The summed E-state index contributed by atoms with van der Waals surface area (Å²) in [6, 6.07) is 11.3. The van der Waals surface area contributed by atoms with Crippen molar-refractivity contribution in [1.82, 2.24) is 10.6 Å². The number of hydrogen-bond acceptors (Lipinski definition) is 7. The number of carbonyl (C=O) groups excluding carboxylic acids is 1. The molecule has 1 unspecified atom stereocenters. The van der Waals surface area contributed by atoms with Gasteiger partial charge in [0.25, 0.3) is 5.91 Å². The topological polar surface area (TPSA) is 116 Å². The molecule has 1 fully saturated rings. The zero-order valence-electron chi connectivity index (χ0n) is 18.8. The Morgan fingerprint density at radius 1 is 1.32 bits per heavy atom. The third kappa shape index (κ3) is 5.18. The molecule has 2 N–H and O–H groups in total. The van der Waals surface area contributed by atoms with Crippen LogP contribution in [0.15, 0.2) is 30.3 Å². The Labute approximate surface area is 197 Å². The highest BCUT2D eigenvalue weighted by atomic mass is 19.1. The number of nitriles is 2. The van der Waals surface area contributed by atoms with Crippen LogP contribution in [-0.2, 0) is 27.3 Å². The molecule has 34 heavy (non-hydrogen) atoms. The normalized spacial score (nSPS) is 20.2. The van der Waals surface area contributed by atoms with Gasteiger partial charge in [-0.2, -0.15) is 10.5 Å². The number of hydrogen-bond donors (Lipinski definition) is 2. The highest BCUT2D eigenvalue weighted by Gasteiger charge is 2.27. The lowest BCUT2D eigenvalue weighted by atomic mass is 9.93. The molecule has 1 saturated heterocycles. The Kier molecular flexibility index (Phi) is 7.39. The number of fused-ring (bicyclic) bond motifs is 3. The standard InChI is InChI=1S/C25H25FN4O4/c1-32-19-4-5-29-12-24(34-14-19)25(31)30-18(11-28)7-16-8-23-21(9-22(16)26)20-3-2-15(10-27)6-17(20)13-33-23/h2-3,6,8-9,18-19,24,29H,4-5,7,12-14H2,1H3,(H,30,31)/t18?,19-,24+/m1/s1. The molecule has 2 aliphatic heterocycles. The lowest BCUT2D eigenvalue weighted by molar-refractivity contribution is -0.136. The van der Waals surface area contributed by atoms with Crippen molar-refractivity contribution >= 4 is 5.91 Å². The van der Waals surface area contributed by atoms with E-state index in [1.54, 1.807) is 31.4 Å². The molecule has 2 aromatic rings. The van der Waals surface area contributed by atoms with E-state index in [0.29, 0.717) is 30.0 Å². The van der Waals surface area contributed by atoms with Gasteiger partial charge in [0.05, 0.1) is 30.4 Å². The molecule has 2 aliphatic rings. The molecule has 0 aliphatic carbocycles.